The Labute approximate surface area is 151 Å². The van der Waals surface area contributed by atoms with Crippen molar-refractivity contribution in [3.63, 3.8) is 0 Å². The number of nitrogens with zero attached hydrogens (tertiary/aromatic N) is 5. The van der Waals surface area contributed by atoms with Crippen LogP contribution >= 0.6 is 0 Å². The first-order chi connectivity index (χ1) is 12.6. The van der Waals surface area contributed by atoms with Crippen LogP contribution in [0.15, 0.2) is 30.7 Å². The summed E-state index contributed by atoms with van der Waals surface area (Å²) in [5, 5.41) is 0. The maximum atomic E-state index is 13.7. The van der Waals surface area contributed by atoms with Crippen LogP contribution in [0.25, 0.3) is 0 Å². The molecule has 2 aliphatic heterocycles. The van der Waals surface area contributed by atoms with Gasteiger partial charge in [0.25, 0.3) is 0 Å². The van der Waals surface area contributed by atoms with Gasteiger partial charge in [-0.1, -0.05) is 0 Å². The first kappa shape index (κ1) is 17.0. The van der Waals surface area contributed by atoms with Crippen molar-refractivity contribution in [2.45, 2.75) is 12.0 Å². The molecule has 2 saturated heterocycles. The summed E-state index contributed by atoms with van der Waals surface area (Å²) in [5.74, 6) is 1.58. The van der Waals surface area contributed by atoms with Crippen LogP contribution in [0.3, 0.4) is 0 Å². The highest BCUT2D eigenvalue weighted by Crippen LogP contribution is 2.41. The van der Waals surface area contributed by atoms with Crippen LogP contribution in [0.4, 0.5) is 16.0 Å². The van der Waals surface area contributed by atoms with E-state index in [1.807, 2.05) is 25.1 Å². The molecule has 2 aromatic rings. The number of ether oxygens (including phenoxy) is 2. The van der Waals surface area contributed by atoms with E-state index in [-0.39, 0.29) is 17.4 Å². The first-order valence-electron chi connectivity index (χ1n) is 8.69. The van der Waals surface area contributed by atoms with Gasteiger partial charge in [0.2, 0.25) is 5.88 Å². The average Bonchev–Trinajstić information content (AvgIpc) is 3.04. The molecule has 7 nitrogen and oxygen atoms in total. The van der Waals surface area contributed by atoms with E-state index in [4.69, 9.17) is 9.47 Å². The lowest BCUT2D eigenvalue weighted by molar-refractivity contribution is -0.0531. The van der Waals surface area contributed by atoms with E-state index >= 15 is 0 Å². The maximum absolute atomic E-state index is 13.7. The van der Waals surface area contributed by atoms with Crippen LogP contribution < -0.4 is 14.5 Å². The van der Waals surface area contributed by atoms with Gasteiger partial charge in [-0.25, -0.2) is 19.3 Å². The molecule has 2 fully saturated rings. The van der Waals surface area contributed by atoms with Gasteiger partial charge in [0.1, 0.15) is 23.6 Å². The molecule has 0 bridgehead atoms. The minimum absolute atomic E-state index is 0.0529. The van der Waals surface area contributed by atoms with Crippen LogP contribution in [-0.4, -0.2) is 61.0 Å². The molecule has 1 atom stereocenters. The molecule has 138 valence electrons. The summed E-state index contributed by atoms with van der Waals surface area (Å²) in [6, 6.07) is 4.87. The molecule has 4 heterocycles. The molecule has 26 heavy (non-hydrogen) atoms. The molecule has 1 spiro atoms. The summed E-state index contributed by atoms with van der Waals surface area (Å²) in [4.78, 5) is 16.7. The Morgan fingerprint density at radius 1 is 1.35 bits per heavy atom. The number of pyridine rings is 1. The van der Waals surface area contributed by atoms with Gasteiger partial charge in [-0.3, -0.25) is 0 Å². The van der Waals surface area contributed by atoms with E-state index in [1.54, 1.807) is 12.4 Å². The molecule has 2 aliphatic rings. The Morgan fingerprint density at radius 3 is 2.96 bits per heavy atom. The van der Waals surface area contributed by atoms with Crippen LogP contribution in [0.1, 0.15) is 6.42 Å². The highest BCUT2D eigenvalue weighted by molar-refractivity contribution is 5.52. The van der Waals surface area contributed by atoms with Gasteiger partial charge in [0.15, 0.2) is 5.82 Å². The van der Waals surface area contributed by atoms with Crippen LogP contribution in [0.2, 0.25) is 0 Å². The summed E-state index contributed by atoms with van der Waals surface area (Å²) in [6.45, 7) is 2.58. The zero-order valence-electron chi connectivity index (χ0n) is 14.9. The van der Waals surface area contributed by atoms with E-state index in [0.717, 1.165) is 31.1 Å². The summed E-state index contributed by atoms with van der Waals surface area (Å²) in [6.07, 6.45) is 4.01. The number of rotatable bonds is 5. The van der Waals surface area contributed by atoms with Crippen LogP contribution in [0.5, 0.6) is 5.88 Å². The molecule has 4 rings (SSSR count). The Balaban J connectivity index is 1.40. The smallest absolute Gasteiger partial charge is 0.250 e. The second-order valence-corrected chi connectivity index (χ2v) is 6.99. The number of hydrogen-bond acceptors (Lipinski definition) is 7. The van der Waals surface area contributed by atoms with E-state index in [2.05, 4.69) is 19.9 Å². The lowest BCUT2D eigenvalue weighted by Gasteiger charge is -2.50. The van der Waals surface area contributed by atoms with Crippen molar-refractivity contribution in [3.8, 4) is 5.88 Å². The van der Waals surface area contributed by atoms with E-state index < -0.39 is 5.82 Å². The third kappa shape index (κ3) is 3.05. The zero-order chi connectivity index (χ0) is 18.1. The molecular weight excluding hydrogens is 337 g/mol. The van der Waals surface area contributed by atoms with Crippen molar-refractivity contribution < 1.29 is 13.9 Å². The minimum atomic E-state index is -0.437. The Kier molecular flexibility index (Phi) is 4.36. The highest BCUT2D eigenvalue weighted by Gasteiger charge is 2.53. The molecule has 0 unspecified atom stereocenters. The van der Waals surface area contributed by atoms with Crippen molar-refractivity contribution in [1.29, 1.82) is 0 Å². The highest BCUT2D eigenvalue weighted by atomic mass is 19.1. The molecule has 0 saturated carbocycles. The Hall–Kier alpha value is -2.48. The molecular formula is C18H22FN5O2. The molecule has 0 aromatic carbocycles. The molecule has 0 aliphatic carbocycles. The number of anilines is 2. The van der Waals surface area contributed by atoms with E-state index in [9.17, 15) is 4.39 Å². The third-order valence-electron chi connectivity index (χ3n) is 5.08. The van der Waals surface area contributed by atoms with Crippen LogP contribution in [0, 0.1) is 11.7 Å². The monoisotopic (exact) mass is 359 g/mol. The lowest BCUT2D eigenvalue weighted by Crippen LogP contribution is -2.66. The predicted molar refractivity (Wildman–Crippen MR) is 95.1 cm³/mol. The number of halogens is 1. The normalized spacial score (nSPS) is 20.9. The predicted octanol–water partition coefficient (Wildman–Crippen LogP) is 1.75. The fraction of sp³-hybridized carbons (Fsp3) is 0.500. The first-order valence-corrected chi connectivity index (χ1v) is 8.69. The van der Waals surface area contributed by atoms with Crippen molar-refractivity contribution in [1.82, 2.24) is 15.0 Å². The van der Waals surface area contributed by atoms with Crippen molar-refractivity contribution >= 4 is 11.6 Å². The van der Waals surface area contributed by atoms with Crippen molar-refractivity contribution in [2.75, 3.05) is 50.2 Å². The van der Waals surface area contributed by atoms with E-state index in [1.165, 1.54) is 12.3 Å². The van der Waals surface area contributed by atoms with Gasteiger partial charge < -0.3 is 19.3 Å². The topological polar surface area (TPSA) is 63.6 Å². The summed E-state index contributed by atoms with van der Waals surface area (Å²) >= 11 is 0. The third-order valence-corrected chi connectivity index (χ3v) is 5.08. The summed E-state index contributed by atoms with van der Waals surface area (Å²) < 4.78 is 25.4. The molecule has 0 radical (unpaired) electrons. The fourth-order valence-corrected chi connectivity index (χ4v) is 3.54. The average molecular weight is 359 g/mol. The van der Waals surface area contributed by atoms with Gasteiger partial charge in [0.05, 0.1) is 19.7 Å². The lowest BCUT2D eigenvalue weighted by atomic mass is 9.81. The molecule has 0 amide bonds. The van der Waals surface area contributed by atoms with E-state index in [0.29, 0.717) is 13.2 Å². The van der Waals surface area contributed by atoms with Gasteiger partial charge in [-0.2, -0.15) is 0 Å². The fourth-order valence-electron chi connectivity index (χ4n) is 3.54. The number of hydrogen-bond donors (Lipinski definition) is 0. The van der Waals surface area contributed by atoms with Gasteiger partial charge >= 0.3 is 0 Å². The second kappa shape index (κ2) is 6.68. The quantitative estimate of drug-likeness (QED) is 0.806. The number of aromatic nitrogens is 3. The van der Waals surface area contributed by atoms with Crippen molar-refractivity contribution in [3.05, 3.63) is 36.5 Å². The SMILES string of the molecule is CN(C)c1cc(N2CC3(C2)OCC[C@@H]3COc2ncccc2F)ncn1. The summed E-state index contributed by atoms with van der Waals surface area (Å²) in [5.41, 5.74) is -0.255. The molecule has 2 aromatic heterocycles. The van der Waals surface area contributed by atoms with Crippen molar-refractivity contribution in [2.24, 2.45) is 5.92 Å². The van der Waals surface area contributed by atoms with Gasteiger partial charge in [0, 0.05) is 38.9 Å². The van der Waals surface area contributed by atoms with Gasteiger partial charge in [-0.05, 0) is 18.6 Å². The minimum Gasteiger partial charge on any atom is -0.475 e. The van der Waals surface area contributed by atoms with Gasteiger partial charge in [-0.15, -0.1) is 0 Å². The molecule has 8 heteroatoms. The molecule has 0 N–H and O–H groups in total. The largest absolute Gasteiger partial charge is 0.475 e. The van der Waals surface area contributed by atoms with Crippen LogP contribution in [-0.2, 0) is 4.74 Å². The summed E-state index contributed by atoms with van der Waals surface area (Å²) in [7, 11) is 3.90. The maximum Gasteiger partial charge on any atom is 0.250 e. The Morgan fingerprint density at radius 2 is 2.19 bits per heavy atom. The zero-order valence-corrected chi connectivity index (χ0v) is 14.9. The Bertz CT molecular complexity index is 782. The second-order valence-electron chi connectivity index (χ2n) is 6.99. The standard InChI is InChI=1S/C18H22FN5O2/c1-23(2)15-8-16(22-12-21-15)24-10-18(11-24)13(5-7-26-18)9-25-17-14(19)4-3-6-20-17/h3-4,6,8,12-13H,5,7,9-11H2,1-2H3/t13-/m1/s1.